The largest absolute Gasteiger partial charge is 0.508 e. The van der Waals surface area contributed by atoms with Crippen LogP contribution in [-0.4, -0.2) is 22.2 Å². The van der Waals surface area contributed by atoms with Crippen molar-refractivity contribution >= 4 is 12.1 Å². The molecule has 0 bridgehead atoms. The number of aryl methyl sites for hydroxylation is 2. The predicted molar refractivity (Wildman–Crippen MR) is 81.1 cm³/mol. The average molecular weight is 283 g/mol. The van der Waals surface area contributed by atoms with Crippen LogP contribution in [0.4, 0.5) is 0 Å². The van der Waals surface area contributed by atoms with Crippen molar-refractivity contribution < 1.29 is 9.90 Å². The number of hydrogen-bond donors (Lipinski definition) is 2. The van der Waals surface area contributed by atoms with Gasteiger partial charge in [0, 0.05) is 12.1 Å². The van der Waals surface area contributed by atoms with Crippen molar-refractivity contribution in [2.75, 3.05) is 0 Å². The molecule has 1 aromatic carbocycles. The second-order valence-electron chi connectivity index (χ2n) is 4.63. The van der Waals surface area contributed by atoms with E-state index in [-0.39, 0.29) is 18.1 Å². The molecule has 5 heteroatoms. The zero-order chi connectivity index (χ0) is 15.1. The highest BCUT2D eigenvalue weighted by molar-refractivity contribution is 5.80. The fraction of sp³-hybridized carbons (Fsp3) is 0.188. The van der Waals surface area contributed by atoms with Crippen LogP contribution in [0.3, 0.4) is 0 Å². The molecule has 2 N–H and O–H groups in total. The van der Waals surface area contributed by atoms with Crippen LogP contribution in [0.1, 0.15) is 23.4 Å². The lowest BCUT2D eigenvalue weighted by Gasteiger charge is -2.03. The molecule has 2 aromatic rings. The fourth-order valence-electron chi connectivity index (χ4n) is 1.83. The van der Waals surface area contributed by atoms with Crippen LogP contribution in [0.2, 0.25) is 0 Å². The van der Waals surface area contributed by atoms with Gasteiger partial charge in [-0.05, 0) is 37.1 Å². The Labute approximate surface area is 123 Å². The smallest absolute Gasteiger partial charge is 0.240 e. The topological polar surface area (TPSA) is 74.6 Å². The van der Waals surface area contributed by atoms with E-state index in [0.29, 0.717) is 12.1 Å². The number of pyridine rings is 1. The first-order chi connectivity index (χ1) is 10.1. The summed E-state index contributed by atoms with van der Waals surface area (Å²) in [5.74, 6) is -0.0000758. The SMILES string of the molecule is Cc1cccc(/C=N/NC(=O)CCc2ccccc2O)n1. The Morgan fingerprint density at radius 3 is 2.86 bits per heavy atom. The first-order valence-electron chi connectivity index (χ1n) is 6.67. The first-order valence-corrected chi connectivity index (χ1v) is 6.67. The standard InChI is InChI=1S/C16H17N3O2/c1-12-5-4-7-14(18-12)11-17-19-16(21)10-9-13-6-2-3-8-15(13)20/h2-8,11,20H,9-10H2,1H3,(H,19,21)/b17-11+. The maximum Gasteiger partial charge on any atom is 0.240 e. The minimum Gasteiger partial charge on any atom is -0.508 e. The molecule has 1 heterocycles. The number of para-hydroxylation sites is 1. The number of hydrogen-bond acceptors (Lipinski definition) is 4. The van der Waals surface area contributed by atoms with Gasteiger partial charge >= 0.3 is 0 Å². The average Bonchev–Trinajstić information content (AvgIpc) is 2.46. The number of carbonyl (C=O) groups excluding carboxylic acids is 1. The number of phenolic OH excluding ortho intramolecular Hbond substituents is 1. The normalized spacial score (nSPS) is 10.7. The number of phenols is 1. The van der Waals surface area contributed by atoms with Crippen LogP contribution < -0.4 is 5.43 Å². The summed E-state index contributed by atoms with van der Waals surface area (Å²) in [6.07, 6.45) is 2.23. The summed E-state index contributed by atoms with van der Waals surface area (Å²) >= 11 is 0. The number of hydrazone groups is 1. The van der Waals surface area contributed by atoms with Crippen LogP contribution in [0.25, 0.3) is 0 Å². The van der Waals surface area contributed by atoms with Crippen molar-refractivity contribution in [3.63, 3.8) is 0 Å². The van der Waals surface area contributed by atoms with E-state index in [1.807, 2.05) is 31.2 Å². The molecular weight excluding hydrogens is 266 g/mol. The van der Waals surface area contributed by atoms with Crippen molar-refractivity contribution in [1.82, 2.24) is 10.4 Å². The second-order valence-corrected chi connectivity index (χ2v) is 4.63. The van der Waals surface area contributed by atoms with Gasteiger partial charge in [-0.15, -0.1) is 0 Å². The van der Waals surface area contributed by atoms with Gasteiger partial charge in [-0.25, -0.2) is 5.43 Å². The summed E-state index contributed by atoms with van der Waals surface area (Å²) in [6, 6.07) is 12.6. The van der Waals surface area contributed by atoms with E-state index in [4.69, 9.17) is 0 Å². The molecule has 0 aliphatic carbocycles. The molecule has 0 atom stereocenters. The molecule has 108 valence electrons. The Morgan fingerprint density at radius 1 is 1.29 bits per heavy atom. The van der Waals surface area contributed by atoms with E-state index in [9.17, 15) is 9.90 Å². The lowest BCUT2D eigenvalue weighted by molar-refractivity contribution is -0.121. The van der Waals surface area contributed by atoms with Crippen LogP contribution in [0.15, 0.2) is 47.6 Å². The van der Waals surface area contributed by atoms with Crippen LogP contribution in [0.5, 0.6) is 5.75 Å². The second kappa shape index (κ2) is 7.19. The van der Waals surface area contributed by atoms with E-state index >= 15 is 0 Å². The molecule has 1 aromatic heterocycles. The van der Waals surface area contributed by atoms with Gasteiger partial charge in [0.2, 0.25) is 5.91 Å². The molecule has 0 saturated heterocycles. The molecule has 0 saturated carbocycles. The maximum atomic E-state index is 11.7. The van der Waals surface area contributed by atoms with Crippen molar-refractivity contribution in [2.24, 2.45) is 5.10 Å². The van der Waals surface area contributed by atoms with Crippen molar-refractivity contribution in [2.45, 2.75) is 19.8 Å². The summed E-state index contributed by atoms with van der Waals surface area (Å²) in [5.41, 5.74) is 4.78. The Bertz CT molecular complexity index is 653. The number of amides is 1. The number of aromatic hydroxyl groups is 1. The van der Waals surface area contributed by atoms with Gasteiger partial charge in [0.25, 0.3) is 0 Å². The molecule has 0 aliphatic rings. The van der Waals surface area contributed by atoms with Gasteiger partial charge in [-0.1, -0.05) is 24.3 Å². The molecule has 0 fully saturated rings. The van der Waals surface area contributed by atoms with Crippen molar-refractivity contribution in [3.05, 3.63) is 59.4 Å². The van der Waals surface area contributed by atoms with Crippen LogP contribution in [-0.2, 0) is 11.2 Å². The minimum absolute atomic E-state index is 0.206. The van der Waals surface area contributed by atoms with E-state index in [2.05, 4.69) is 15.5 Å². The van der Waals surface area contributed by atoms with Crippen molar-refractivity contribution in [1.29, 1.82) is 0 Å². The number of nitrogens with zero attached hydrogens (tertiary/aromatic N) is 2. The number of nitrogens with one attached hydrogen (secondary N) is 1. The molecule has 0 spiro atoms. The third-order valence-electron chi connectivity index (χ3n) is 2.91. The summed E-state index contributed by atoms with van der Waals surface area (Å²) in [6.45, 7) is 1.89. The molecular formula is C16H17N3O2. The van der Waals surface area contributed by atoms with E-state index in [0.717, 1.165) is 11.3 Å². The highest BCUT2D eigenvalue weighted by Gasteiger charge is 2.04. The van der Waals surface area contributed by atoms with E-state index in [1.54, 1.807) is 18.2 Å². The third-order valence-corrected chi connectivity index (χ3v) is 2.91. The molecule has 0 unspecified atom stereocenters. The van der Waals surface area contributed by atoms with Gasteiger partial charge < -0.3 is 5.11 Å². The lowest BCUT2D eigenvalue weighted by Crippen LogP contribution is -2.18. The fourth-order valence-corrected chi connectivity index (χ4v) is 1.83. The molecule has 0 radical (unpaired) electrons. The zero-order valence-electron chi connectivity index (χ0n) is 11.8. The van der Waals surface area contributed by atoms with Crippen molar-refractivity contribution in [3.8, 4) is 5.75 Å². The lowest BCUT2D eigenvalue weighted by atomic mass is 10.1. The molecule has 5 nitrogen and oxygen atoms in total. The van der Waals surface area contributed by atoms with Crippen LogP contribution >= 0.6 is 0 Å². The highest BCUT2D eigenvalue weighted by Crippen LogP contribution is 2.16. The number of aromatic nitrogens is 1. The Balaban J connectivity index is 1.81. The Morgan fingerprint density at radius 2 is 2.10 bits per heavy atom. The van der Waals surface area contributed by atoms with Gasteiger partial charge in [0.1, 0.15) is 5.75 Å². The predicted octanol–water partition coefficient (Wildman–Crippen LogP) is 2.18. The summed E-state index contributed by atoms with van der Waals surface area (Å²) in [5, 5.41) is 13.5. The van der Waals surface area contributed by atoms with E-state index in [1.165, 1.54) is 6.21 Å². The van der Waals surface area contributed by atoms with Gasteiger partial charge in [0.15, 0.2) is 0 Å². The molecule has 2 rings (SSSR count). The number of rotatable bonds is 5. The highest BCUT2D eigenvalue weighted by atomic mass is 16.3. The summed E-state index contributed by atoms with van der Waals surface area (Å²) in [7, 11) is 0. The van der Waals surface area contributed by atoms with Gasteiger partial charge in [0.05, 0.1) is 11.9 Å². The van der Waals surface area contributed by atoms with E-state index < -0.39 is 0 Å². The minimum atomic E-state index is -0.206. The van der Waals surface area contributed by atoms with Gasteiger partial charge in [-0.2, -0.15) is 5.10 Å². The Kier molecular flexibility index (Phi) is 5.04. The molecule has 1 amide bonds. The molecule has 0 aliphatic heterocycles. The monoisotopic (exact) mass is 283 g/mol. The van der Waals surface area contributed by atoms with Crippen LogP contribution in [0, 0.1) is 6.92 Å². The van der Waals surface area contributed by atoms with Gasteiger partial charge in [-0.3, -0.25) is 9.78 Å². The summed E-state index contributed by atoms with van der Waals surface area (Å²) in [4.78, 5) is 15.9. The Hall–Kier alpha value is -2.69. The third kappa shape index (κ3) is 4.72. The number of carbonyl (C=O) groups is 1. The maximum absolute atomic E-state index is 11.7. The molecule has 21 heavy (non-hydrogen) atoms. The number of benzene rings is 1. The zero-order valence-corrected chi connectivity index (χ0v) is 11.8. The quantitative estimate of drug-likeness (QED) is 0.652. The summed E-state index contributed by atoms with van der Waals surface area (Å²) < 4.78 is 0. The first kappa shape index (κ1) is 14.7.